The fourth-order valence-electron chi connectivity index (χ4n) is 2.90. The summed E-state index contributed by atoms with van der Waals surface area (Å²) in [6.45, 7) is 2.23. The second-order valence-corrected chi connectivity index (χ2v) is 6.46. The van der Waals surface area contributed by atoms with Gasteiger partial charge in [-0.05, 0) is 30.3 Å². The van der Waals surface area contributed by atoms with Gasteiger partial charge in [0.1, 0.15) is 5.82 Å². The maximum absolute atomic E-state index is 13.8. The second-order valence-electron chi connectivity index (χ2n) is 6.05. The topological polar surface area (TPSA) is 66.7 Å². The Morgan fingerprint density at radius 3 is 2.37 bits per heavy atom. The zero-order valence-corrected chi connectivity index (χ0v) is 15.1. The number of nitrogens with zero attached hydrogens (tertiary/aromatic N) is 3. The minimum Gasteiger partial charge on any atom is -0.368 e. The van der Waals surface area contributed by atoms with Gasteiger partial charge >= 0.3 is 0 Å². The largest absolute Gasteiger partial charge is 0.368 e. The zero-order chi connectivity index (χ0) is 19.4. The first-order valence-corrected chi connectivity index (χ1v) is 8.74. The first kappa shape index (κ1) is 18.8. The number of nitro benzene ring substituents is 1. The van der Waals surface area contributed by atoms with E-state index < -0.39 is 10.7 Å². The third-order valence-corrected chi connectivity index (χ3v) is 4.74. The summed E-state index contributed by atoms with van der Waals surface area (Å²) in [6.07, 6.45) is 2.72. The second kappa shape index (κ2) is 8.18. The van der Waals surface area contributed by atoms with Crippen molar-refractivity contribution in [3.8, 4) is 0 Å². The number of carbonyl (C=O) groups excluding carboxylic acids is 1. The number of hydrogen-bond acceptors (Lipinski definition) is 4. The van der Waals surface area contributed by atoms with Gasteiger partial charge in [-0.15, -0.1) is 0 Å². The molecule has 1 heterocycles. The van der Waals surface area contributed by atoms with E-state index in [-0.39, 0.29) is 22.2 Å². The van der Waals surface area contributed by atoms with Crippen LogP contribution in [0.4, 0.5) is 15.8 Å². The van der Waals surface area contributed by atoms with Crippen LogP contribution in [0.3, 0.4) is 0 Å². The first-order chi connectivity index (χ1) is 13.0. The summed E-state index contributed by atoms with van der Waals surface area (Å²) < 4.78 is 13.8. The molecule has 0 bridgehead atoms. The van der Waals surface area contributed by atoms with E-state index in [1.165, 1.54) is 36.4 Å². The van der Waals surface area contributed by atoms with E-state index in [0.29, 0.717) is 26.2 Å². The number of piperazine rings is 1. The van der Waals surface area contributed by atoms with Crippen LogP contribution in [-0.2, 0) is 4.79 Å². The van der Waals surface area contributed by atoms with E-state index in [1.807, 2.05) is 0 Å². The quantitative estimate of drug-likeness (QED) is 0.454. The van der Waals surface area contributed by atoms with Gasteiger partial charge in [0.05, 0.1) is 9.95 Å². The molecule has 0 spiro atoms. The van der Waals surface area contributed by atoms with Gasteiger partial charge in [0.2, 0.25) is 5.91 Å². The molecular weight excluding hydrogens is 373 g/mol. The van der Waals surface area contributed by atoms with Crippen molar-refractivity contribution in [3.63, 3.8) is 0 Å². The average molecular weight is 390 g/mol. The highest BCUT2D eigenvalue weighted by atomic mass is 35.5. The molecule has 1 aliphatic rings. The van der Waals surface area contributed by atoms with Crippen molar-refractivity contribution in [2.45, 2.75) is 0 Å². The van der Waals surface area contributed by atoms with E-state index in [2.05, 4.69) is 4.90 Å². The number of amides is 1. The Hall–Kier alpha value is -2.93. The molecule has 140 valence electrons. The number of non-ortho nitro benzene ring substituents is 1. The van der Waals surface area contributed by atoms with Crippen molar-refractivity contribution in [2.24, 2.45) is 0 Å². The van der Waals surface area contributed by atoms with Crippen LogP contribution in [0.1, 0.15) is 5.56 Å². The first-order valence-electron chi connectivity index (χ1n) is 8.36. The summed E-state index contributed by atoms with van der Waals surface area (Å²) in [5.41, 5.74) is 1.11. The smallest absolute Gasteiger partial charge is 0.269 e. The fourth-order valence-corrected chi connectivity index (χ4v) is 3.13. The zero-order valence-electron chi connectivity index (χ0n) is 14.3. The Bertz CT molecular complexity index is 858. The van der Waals surface area contributed by atoms with Crippen molar-refractivity contribution in [3.05, 3.63) is 75.1 Å². The predicted octanol–water partition coefficient (Wildman–Crippen LogP) is 3.75. The summed E-state index contributed by atoms with van der Waals surface area (Å²) in [5.74, 6) is -0.688. The predicted molar refractivity (Wildman–Crippen MR) is 102 cm³/mol. The number of anilines is 1. The summed E-state index contributed by atoms with van der Waals surface area (Å²) >= 11 is 5.95. The van der Waals surface area contributed by atoms with E-state index in [4.69, 9.17) is 11.6 Å². The van der Waals surface area contributed by atoms with Crippen LogP contribution in [0, 0.1) is 15.9 Å². The molecule has 0 saturated carbocycles. The van der Waals surface area contributed by atoms with Gasteiger partial charge in [0.25, 0.3) is 5.69 Å². The van der Waals surface area contributed by atoms with Crippen LogP contribution in [0.2, 0.25) is 5.02 Å². The molecule has 0 radical (unpaired) electrons. The highest BCUT2D eigenvalue weighted by molar-refractivity contribution is 6.32. The molecule has 27 heavy (non-hydrogen) atoms. The summed E-state index contributed by atoms with van der Waals surface area (Å²) in [6, 6.07) is 10.7. The molecule has 2 aromatic rings. The van der Waals surface area contributed by atoms with Crippen LogP contribution in [0.5, 0.6) is 0 Å². The monoisotopic (exact) mass is 389 g/mol. The van der Waals surface area contributed by atoms with Crippen LogP contribution in [-0.4, -0.2) is 41.9 Å². The molecule has 0 N–H and O–H groups in total. The van der Waals surface area contributed by atoms with Crippen LogP contribution in [0.25, 0.3) is 6.08 Å². The molecule has 1 amide bonds. The number of nitro groups is 1. The van der Waals surface area contributed by atoms with Crippen molar-refractivity contribution in [1.82, 2.24) is 4.90 Å². The van der Waals surface area contributed by atoms with Gasteiger partial charge in [-0.1, -0.05) is 17.7 Å². The van der Waals surface area contributed by atoms with Crippen molar-refractivity contribution in [1.29, 1.82) is 0 Å². The lowest BCUT2D eigenvalue weighted by Crippen LogP contribution is -2.48. The standard InChI is InChI=1S/C19H17ClFN3O3/c20-17-2-1-3-18(21)16(17)8-9-19(25)23-12-10-22(11-13-23)14-4-6-15(7-5-14)24(26)27/h1-9H,10-13H2/b9-8+. The molecule has 6 nitrogen and oxygen atoms in total. The average Bonchev–Trinajstić information content (AvgIpc) is 2.67. The Balaban J connectivity index is 1.59. The Morgan fingerprint density at radius 1 is 1.11 bits per heavy atom. The maximum atomic E-state index is 13.8. The van der Waals surface area contributed by atoms with Crippen molar-refractivity contribution >= 4 is 35.0 Å². The third-order valence-electron chi connectivity index (χ3n) is 4.41. The van der Waals surface area contributed by atoms with Crippen LogP contribution < -0.4 is 4.90 Å². The molecule has 0 unspecified atom stereocenters. The number of hydrogen-bond donors (Lipinski definition) is 0. The summed E-state index contributed by atoms with van der Waals surface area (Å²) in [5, 5.41) is 11.0. The normalized spacial score (nSPS) is 14.6. The van der Waals surface area contributed by atoms with Crippen LogP contribution in [0.15, 0.2) is 48.5 Å². The molecule has 1 aliphatic heterocycles. The van der Waals surface area contributed by atoms with Gasteiger partial charge in [-0.25, -0.2) is 4.39 Å². The molecule has 1 fully saturated rings. The SMILES string of the molecule is O=C(/C=C/c1c(F)cccc1Cl)N1CCN(c2ccc([N+](=O)[O-])cc2)CC1. The molecule has 8 heteroatoms. The molecule has 0 aliphatic carbocycles. The highest BCUT2D eigenvalue weighted by Gasteiger charge is 2.20. The van der Waals surface area contributed by atoms with E-state index in [1.54, 1.807) is 23.1 Å². The number of halogens is 2. The molecule has 2 aromatic carbocycles. The Morgan fingerprint density at radius 2 is 1.78 bits per heavy atom. The maximum Gasteiger partial charge on any atom is 0.269 e. The lowest BCUT2D eigenvalue weighted by Gasteiger charge is -2.35. The number of carbonyl (C=O) groups is 1. The summed E-state index contributed by atoms with van der Waals surface area (Å²) in [4.78, 5) is 26.4. The third kappa shape index (κ3) is 4.43. The van der Waals surface area contributed by atoms with Crippen molar-refractivity contribution in [2.75, 3.05) is 31.1 Å². The minimum absolute atomic E-state index is 0.0458. The van der Waals surface area contributed by atoms with Crippen molar-refractivity contribution < 1.29 is 14.1 Å². The molecule has 0 aromatic heterocycles. The minimum atomic E-state index is -0.477. The summed E-state index contributed by atoms with van der Waals surface area (Å²) in [7, 11) is 0. The highest BCUT2D eigenvalue weighted by Crippen LogP contribution is 2.22. The van der Waals surface area contributed by atoms with Gasteiger partial charge in [0.15, 0.2) is 0 Å². The van der Waals surface area contributed by atoms with E-state index in [0.717, 1.165) is 5.69 Å². The van der Waals surface area contributed by atoms with Gasteiger partial charge in [-0.2, -0.15) is 0 Å². The molecule has 3 rings (SSSR count). The number of rotatable bonds is 4. The molecule has 1 saturated heterocycles. The Kier molecular flexibility index (Phi) is 5.71. The molecule has 0 atom stereocenters. The van der Waals surface area contributed by atoms with Gasteiger partial charge < -0.3 is 9.80 Å². The lowest BCUT2D eigenvalue weighted by atomic mass is 10.2. The van der Waals surface area contributed by atoms with E-state index >= 15 is 0 Å². The fraction of sp³-hybridized carbons (Fsp3) is 0.211. The van der Waals surface area contributed by atoms with E-state index in [9.17, 15) is 19.3 Å². The van der Waals surface area contributed by atoms with Gasteiger partial charge in [0, 0.05) is 55.6 Å². The number of benzene rings is 2. The van der Waals surface area contributed by atoms with Gasteiger partial charge in [-0.3, -0.25) is 14.9 Å². The molecular formula is C19H17ClFN3O3. The van der Waals surface area contributed by atoms with Crippen LogP contribution >= 0.6 is 11.6 Å². The Labute approximate surface area is 160 Å². The lowest BCUT2D eigenvalue weighted by molar-refractivity contribution is -0.384.